The van der Waals surface area contributed by atoms with Crippen LogP contribution in [0.3, 0.4) is 0 Å². The second-order valence-electron chi connectivity index (χ2n) is 4.68. The first-order valence-electron chi connectivity index (χ1n) is 5.12. The van der Waals surface area contributed by atoms with Crippen molar-refractivity contribution in [1.82, 2.24) is 4.90 Å². The molecule has 0 saturated heterocycles. The van der Waals surface area contributed by atoms with Crippen molar-refractivity contribution in [3.05, 3.63) is 0 Å². The fourth-order valence-corrected chi connectivity index (χ4v) is 1.14. The molecular weight excluding hydrogens is 178 g/mol. The van der Waals surface area contributed by atoms with E-state index in [0.717, 1.165) is 13.0 Å². The van der Waals surface area contributed by atoms with Gasteiger partial charge in [0.25, 0.3) is 0 Å². The van der Waals surface area contributed by atoms with Gasteiger partial charge in [-0.15, -0.1) is 0 Å². The Morgan fingerprint density at radius 2 is 1.93 bits per heavy atom. The highest BCUT2D eigenvalue weighted by Gasteiger charge is 2.24. The summed E-state index contributed by atoms with van der Waals surface area (Å²) in [6.45, 7) is 9.18. The highest BCUT2D eigenvalue weighted by atomic mass is 16.5. The summed E-state index contributed by atoms with van der Waals surface area (Å²) in [6.07, 6.45) is 0.826. The fraction of sp³-hybridized carbons (Fsp3) is 0.909. The van der Waals surface area contributed by atoms with Crippen LogP contribution < -0.4 is 0 Å². The van der Waals surface area contributed by atoms with Crippen LogP contribution in [-0.4, -0.2) is 37.1 Å². The zero-order valence-corrected chi connectivity index (χ0v) is 10.3. The van der Waals surface area contributed by atoms with E-state index in [1.807, 2.05) is 14.0 Å². The first-order chi connectivity index (χ1) is 6.32. The van der Waals surface area contributed by atoms with Crippen LogP contribution in [0.5, 0.6) is 0 Å². The summed E-state index contributed by atoms with van der Waals surface area (Å²) in [5.74, 6) is -0.118. The number of rotatable bonds is 4. The van der Waals surface area contributed by atoms with Gasteiger partial charge in [-0.2, -0.15) is 0 Å². The summed E-state index contributed by atoms with van der Waals surface area (Å²) in [7, 11) is 3.48. The van der Waals surface area contributed by atoms with E-state index >= 15 is 0 Å². The van der Waals surface area contributed by atoms with Gasteiger partial charge in [-0.25, -0.2) is 0 Å². The van der Waals surface area contributed by atoms with Gasteiger partial charge in [0.1, 0.15) is 0 Å². The molecule has 0 bridgehead atoms. The van der Waals surface area contributed by atoms with Crippen molar-refractivity contribution >= 4 is 5.97 Å². The van der Waals surface area contributed by atoms with Gasteiger partial charge in [-0.1, -0.05) is 6.92 Å². The van der Waals surface area contributed by atoms with E-state index in [1.54, 1.807) is 0 Å². The summed E-state index contributed by atoms with van der Waals surface area (Å²) in [5.41, 5.74) is 0.0987. The van der Waals surface area contributed by atoms with Gasteiger partial charge in [0.05, 0.1) is 13.0 Å². The largest absolute Gasteiger partial charge is 0.469 e. The molecule has 84 valence electrons. The standard InChI is InChI=1S/C11H23NO2/c1-7-9(10(13)14-6)8-12(5)11(2,3)4/h9H,7-8H2,1-6H3. The van der Waals surface area contributed by atoms with Crippen molar-refractivity contribution in [1.29, 1.82) is 0 Å². The molecule has 3 nitrogen and oxygen atoms in total. The van der Waals surface area contributed by atoms with Crippen molar-refractivity contribution in [3.63, 3.8) is 0 Å². The number of nitrogens with zero attached hydrogens (tertiary/aromatic N) is 1. The number of carbonyl (C=O) groups excluding carboxylic acids is 1. The molecule has 0 aliphatic rings. The van der Waals surface area contributed by atoms with Crippen LogP contribution in [0.25, 0.3) is 0 Å². The van der Waals surface area contributed by atoms with Crippen LogP contribution >= 0.6 is 0 Å². The topological polar surface area (TPSA) is 29.5 Å². The van der Waals surface area contributed by atoms with Crippen molar-refractivity contribution in [2.75, 3.05) is 20.7 Å². The zero-order chi connectivity index (χ0) is 11.4. The molecule has 1 unspecified atom stereocenters. The molecule has 0 amide bonds. The molecule has 0 fully saturated rings. The molecule has 0 saturated carbocycles. The minimum atomic E-state index is -0.108. The summed E-state index contributed by atoms with van der Waals surface area (Å²) in [4.78, 5) is 13.5. The minimum absolute atomic E-state index is 0.00998. The maximum atomic E-state index is 11.4. The third kappa shape index (κ3) is 4.09. The first-order valence-corrected chi connectivity index (χ1v) is 5.12. The number of carbonyl (C=O) groups is 1. The van der Waals surface area contributed by atoms with Gasteiger partial charge >= 0.3 is 5.97 Å². The van der Waals surface area contributed by atoms with E-state index in [1.165, 1.54) is 7.11 Å². The Balaban J connectivity index is 4.26. The van der Waals surface area contributed by atoms with Crippen molar-refractivity contribution < 1.29 is 9.53 Å². The maximum Gasteiger partial charge on any atom is 0.309 e. The van der Waals surface area contributed by atoms with Gasteiger partial charge in [0.15, 0.2) is 0 Å². The summed E-state index contributed by atoms with van der Waals surface area (Å²) >= 11 is 0. The molecule has 1 atom stereocenters. The Hall–Kier alpha value is -0.570. The maximum absolute atomic E-state index is 11.4. The highest BCUT2D eigenvalue weighted by molar-refractivity contribution is 5.72. The number of hydrogen-bond donors (Lipinski definition) is 0. The minimum Gasteiger partial charge on any atom is -0.469 e. The second-order valence-corrected chi connectivity index (χ2v) is 4.68. The quantitative estimate of drug-likeness (QED) is 0.651. The molecule has 14 heavy (non-hydrogen) atoms. The lowest BCUT2D eigenvalue weighted by Gasteiger charge is -2.33. The predicted molar refractivity (Wildman–Crippen MR) is 58.2 cm³/mol. The summed E-state index contributed by atoms with van der Waals surface area (Å²) in [5, 5.41) is 0. The summed E-state index contributed by atoms with van der Waals surface area (Å²) in [6, 6.07) is 0. The number of methoxy groups -OCH3 is 1. The van der Waals surface area contributed by atoms with Crippen LogP contribution in [-0.2, 0) is 9.53 Å². The van der Waals surface area contributed by atoms with Gasteiger partial charge in [-0.05, 0) is 34.2 Å². The van der Waals surface area contributed by atoms with Crippen molar-refractivity contribution in [2.24, 2.45) is 5.92 Å². The van der Waals surface area contributed by atoms with Crippen LogP contribution in [0.4, 0.5) is 0 Å². The number of hydrogen-bond acceptors (Lipinski definition) is 3. The van der Waals surface area contributed by atoms with E-state index in [9.17, 15) is 4.79 Å². The molecule has 0 aliphatic heterocycles. The first kappa shape index (κ1) is 13.4. The lowest BCUT2D eigenvalue weighted by molar-refractivity contribution is -0.146. The normalized spacial score (nSPS) is 14.2. The van der Waals surface area contributed by atoms with Gasteiger partial charge in [0, 0.05) is 12.1 Å². The molecule has 0 aliphatic carbocycles. The highest BCUT2D eigenvalue weighted by Crippen LogP contribution is 2.15. The van der Waals surface area contributed by atoms with Crippen molar-refractivity contribution in [3.8, 4) is 0 Å². The van der Waals surface area contributed by atoms with E-state index in [-0.39, 0.29) is 17.4 Å². The van der Waals surface area contributed by atoms with Crippen molar-refractivity contribution in [2.45, 2.75) is 39.7 Å². The molecule has 3 heteroatoms. The molecular formula is C11H23NO2. The zero-order valence-electron chi connectivity index (χ0n) is 10.3. The number of esters is 1. The van der Waals surface area contributed by atoms with E-state index in [2.05, 4.69) is 25.7 Å². The van der Waals surface area contributed by atoms with Crippen LogP contribution in [0, 0.1) is 5.92 Å². The van der Waals surface area contributed by atoms with Gasteiger partial charge in [0.2, 0.25) is 0 Å². The Labute approximate surface area is 87.4 Å². The Kier molecular flexibility index (Phi) is 5.13. The predicted octanol–water partition coefficient (Wildman–Crippen LogP) is 1.92. The van der Waals surface area contributed by atoms with E-state index < -0.39 is 0 Å². The van der Waals surface area contributed by atoms with Crippen LogP contribution in [0.1, 0.15) is 34.1 Å². The Morgan fingerprint density at radius 1 is 1.43 bits per heavy atom. The Bertz CT molecular complexity index is 184. The third-order valence-corrected chi connectivity index (χ3v) is 2.67. The molecule has 0 radical (unpaired) electrons. The third-order valence-electron chi connectivity index (χ3n) is 2.67. The van der Waals surface area contributed by atoms with E-state index in [0.29, 0.717) is 0 Å². The molecule has 0 aromatic rings. The molecule has 0 heterocycles. The molecule has 0 aromatic carbocycles. The average Bonchev–Trinajstić information content (AvgIpc) is 2.10. The average molecular weight is 201 g/mol. The Morgan fingerprint density at radius 3 is 2.21 bits per heavy atom. The van der Waals surface area contributed by atoms with Crippen LogP contribution in [0.2, 0.25) is 0 Å². The lowest BCUT2D eigenvalue weighted by atomic mass is 10.0. The second kappa shape index (κ2) is 5.35. The summed E-state index contributed by atoms with van der Waals surface area (Å²) < 4.78 is 4.75. The molecule has 0 N–H and O–H groups in total. The van der Waals surface area contributed by atoms with E-state index in [4.69, 9.17) is 4.74 Å². The van der Waals surface area contributed by atoms with Crippen LogP contribution in [0.15, 0.2) is 0 Å². The smallest absolute Gasteiger partial charge is 0.309 e. The monoisotopic (exact) mass is 201 g/mol. The molecule has 0 aromatic heterocycles. The SMILES string of the molecule is CCC(CN(C)C(C)(C)C)C(=O)OC. The van der Waals surface area contributed by atoms with Gasteiger partial charge < -0.3 is 9.64 Å². The lowest BCUT2D eigenvalue weighted by Crippen LogP contribution is -2.42. The molecule has 0 spiro atoms. The molecule has 0 rings (SSSR count). The number of ether oxygens (including phenoxy) is 1. The van der Waals surface area contributed by atoms with Gasteiger partial charge in [-0.3, -0.25) is 4.79 Å². The fourth-order valence-electron chi connectivity index (χ4n) is 1.14.